The molecule has 1 nitrogen and oxygen atoms in total. The molecule has 11 heavy (non-hydrogen) atoms. The van der Waals surface area contributed by atoms with Crippen molar-refractivity contribution >= 4 is 21.6 Å². The van der Waals surface area contributed by atoms with Crippen molar-refractivity contribution in [2.24, 2.45) is 0 Å². The van der Waals surface area contributed by atoms with Crippen LogP contribution < -0.4 is 0 Å². The zero-order valence-corrected chi connectivity index (χ0v) is 8.68. The standard InChI is InChI=1S/C8H16OS2/c1-2-5-9-6-3-8-4-7-10-11-8/h8H,2-7H2,1H3/t8-/m1/s1. The van der Waals surface area contributed by atoms with E-state index in [2.05, 4.69) is 6.92 Å². The van der Waals surface area contributed by atoms with E-state index in [1.807, 2.05) is 21.6 Å². The summed E-state index contributed by atoms with van der Waals surface area (Å²) in [5, 5.41) is 0.872. The number of hydrogen-bond donors (Lipinski definition) is 0. The number of hydrogen-bond acceptors (Lipinski definition) is 3. The van der Waals surface area contributed by atoms with Crippen LogP contribution in [0.2, 0.25) is 0 Å². The number of rotatable bonds is 5. The minimum Gasteiger partial charge on any atom is -0.381 e. The molecule has 1 saturated heterocycles. The Morgan fingerprint density at radius 2 is 2.36 bits per heavy atom. The van der Waals surface area contributed by atoms with Crippen molar-refractivity contribution in [2.45, 2.75) is 31.4 Å². The molecule has 66 valence electrons. The van der Waals surface area contributed by atoms with E-state index >= 15 is 0 Å². The van der Waals surface area contributed by atoms with Gasteiger partial charge in [0.25, 0.3) is 0 Å². The molecule has 1 heterocycles. The fourth-order valence-corrected chi connectivity index (χ4v) is 3.98. The molecule has 3 heteroatoms. The molecule has 0 spiro atoms. The third-order valence-corrected chi connectivity index (χ3v) is 4.67. The summed E-state index contributed by atoms with van der Waals surface area (Å²) in [6, 6.07) is 0. The van der Waals surface area contributed by atoms with Crippen LogP contribution in [0.5, 0.6) is 0 Å². The molecule has 1 rings (SSSR count). The Labute approximate surface area is 77.0 Å². The van der Waals surface area contributed by atoms with Crippen LogP contribution in [0.1, 0.15) is 26.2 Å². The maximum atomic E-state index is 5.42. The molecule has 0 amide bonds. The quantitative estimate of drug-likeness (QED) is 0.489. The molecule has 0 unspecified atom stereocenters. The Morgan fingerprint density at radius 3 is 3.00 bits per heavy atom. The van der Waals surface area contributed by atoms with Gasteiger partial charge in [0.15, 0.2) is 0 Å². The van der Waals surface area contributed by atoms with Crippen LogP contribution in [0.4, 0.5) is 0 Å². The normalized spacial score (nSPS) is 24.3. The van der Waals surface area contributed by atoms with Gasteiger partial charge in [-0.2, -0.15) is 0 Å². The highest BCUT2D eigenvalue weighted by atomic mass is 33.1. The van der Waals surface area contributed by atoms with E-state index < -0.39 is 0 Å². The van der Waals surface area contributed by atoms with Gasteiger partial charge in [0, 0.05) is 24.2 Å². The molecule has 1 atom stereocenters. The first-order valence-electron chi connectivity index (χ1n) is 4.29. The van der Waals surface area contributed by atoms with Crippen LogP contribution >= 0.6 is 21.6 Å². The molecule has 0 radical (unpaired) electrons. The Kier molecular flexibility index (Phi) is 5.50. The lowest BCUT2D eigenvalue weighted by Crippen LogP contribution is -2.04. The maximum Gasteiger partial charge on any atom is 0.0476 e. The molecule has 0 aromatic carbocycles. The fraction of sp³-hybridized carbons (Fsp3) is 1.00. The summed E-state index contributed by atoms with van der Waals surface area (Å²) in [6.07, 6.45) is 3.77. The van der Waals surface area contributed by atoms with E-state index in [9.17, 15) is 0 Å². The van der Waals surface area contributed by atoms with Crippen LogP contribution in [0.25, 0.3) is 0 Å². The van der Waals surface area contributed by atoms with Crippen molar-refractivity contribution in [3.8, 4) is 0 Å². The van der Waals surface area contributed by atoms with E-state index in [4.69, 9.17) is 4.74 Å². The third-order valence-electron chi connectivity index (χ3n) is 1.66. The van der Waals surface area contributed by atoms with E-state index in [1.54, 1.807) is 0 Å². The van der Waals surface area contributed by atoms with Gasteiger partial charge in [0.1, 0.15) is 0 Å². The fourth-order valence-electron chi connectivity index (χ4n) is 1.03. The lowest BCUT2D eigenvalue weighted by molar-refractivity contribution is 0.132. The van der Waals surface area contributed by atoms with E-state index in [1.165, 1.54) is 18.6 Å². The van der Waals surface area contributed by atoms with Gasteiger partial charge in [-0.1, -0.05) is 28.5 Å². The van der Waals surface area contributed by atoms with E-state index in [-0.39, 0.29) is 0 Å². The largest absolute Gasteiger partial charge is 0.381 e. The molecule has 0 aromatic heterocycles. The summed E-state index contributed by atoms with van der Waals surface area (Å²) >= 11 is 0. The summed E-state index contributed by atoms with van der Waals surface area (Å²) < 4.78 is 5.42. The predicted octanol–water partition coefficient (Wildman–Crippen LogP) is 2.96. The minimum atomic E-state index is 0.872. The Bertz CT molecular complexity index is 92.1. The van der Waals surface area contributed by atoms with Crippen molar-refractivity contribution in [3.05, 3.63) is 0 Å². The second-order valence-electron chi connectivity index (χ2n) is 2.73. The van der Waals surface area contributed by atoms with Crippen molar-refractivity contribution in [2.75, 3.05) is 19.0 Å². The Morgan fingerprint density at radius 1 is 1.45 bits per heavy atom. The summed E-state index contributed by atoms with van der Waals surface area (Å²) in [4.78, 5) is 0. The van der Waals surface area contributed by atoms with Gasteiger partial charge in [-0.05, 0) is 19.3 Å². The second-order valence-corrected chi connectivity index (χ2v) is 5.52. The summed E-state index contributed by atoms with van der Waals surface area (Å²) in [5.41, 5.74) is 0. The minimum absolute atomic E-state index is 0.872. The van der Waals surface area contributed by atoms with Gasteiger partial charge < -0.3 is 4.74 Å². The zero-order valence-electron chi connectivity index (χ0n) is 7.04. The molecular weight excluding hydrogens is 176 g/mol. The van der Waals surface area contributed by atoms with Crippen LogP contribution in [0.3, 0.4) is 0 Å². The van der Waals surface area contributed by atoms with Crippen LogP contribution in [0.15, 0.2) is 0 Å². The van der Waals surface area contributed by atoms with Crippen molar-refractivity contribution in [3.63, 3.8) is 0 Å². The van der Waals surface area contributed by atoms with E-state index in [0.717, 1.165) is 24.9 Å². The Hall–Kier alpha value is 0.660. The van der Waals surface area contributed by atoms with Crippen LogP contribution in [-0.4, -0.2) is 24.2 Å². The van der Waals surface area contributed by atoms with Gasteiger partial charge in [-0.15, -0.1) is 0 Å². The molecule has 0 saturated carbocycles. The van der Waals surface area contributed by atoms with E-state index in [0.29, 0.717) is 0 Å². The van der Waals surface area contributed by atoms with Crippen molar-refractivity contribution in [1.29, 1.82) is 0 Å². The zero-order chi connectivity index (χ0) is 7.94. The summed E-state index contributed by atoms with van der Waals surface area (Å²) in [5.74, 6) is 1.34. The van der Waals surface area contributed by atoms with Gasteiger partial charge in [-0.3, -0.25) is 0 Å². The van der Waals surface area contributed by atoms with Crippen molar-refractivity contribution in [1.82, 2.24) is 0 Å². The van der Waals surface area contributed by atoms with Gasteiger partial charge >= 0.3 is 0 Å². The molecule has 0 N–H and O–H groups in total. The molecular formula is C8H16OS2. The van der Waals surface area contributed by atoms with Crippen LogP contribution in [-0.2, 0) is 4.74 Å². The molecule has 0 bridgehead atoms. The van der Waals surface area contributed by atoms with Gasteiger partial charge in [0.05, 0.1) is 0 Å². The lowest BCUT2D eigenvalue weighted by Gasteiger charge is -2.06. The van der Waals surface area contributed by atoms with Gasteiger partial charge in [-0.25, -0.2) is 0 Å². The SMILES string of the molecule is CCCOCC[C@@H]1CCSS1. The second kappa shape index (κ2) is 6.21. The molecule has 0 aromatic rings. The predicted molar refractivity (Wildman–Crippen MR) is 54.2 cm³/mol. The van der Waals surface area contributed by atoms with Crippen LogP contribution in [0, 0.1) is 0 Å². The first kappa shape index (κ1) is 9.75. The average Bonchev–Trinajstić information content (AvgIpc) is 2.50. The summed E-state index contributed by atoms with van der Waals surface area (Å²) in [6.45, 7) is 4.05. The third kappa shape index (κ3) is 4.28. The highest BCUT2D eigenvalue weighted by molar-refractivity contribution is 8.77. The smallest absolute Gasteiger partial charge is 0.0476 e. The van der Waals surface area contributed by atoms with Gasteiger partial charge in [0.2, 0.25) is 0 Å². The monoisotopic (exact) mass is 192 g/mol. The number of ether oxygens (including phenoxy) is 1. The Balaban J connectivity index is 1.86. The highest BCUT2D eigenvalue weighted by Crippen LogP contribution is 2.38. The summed E-state index contributed by atoms with van der Waals surface area (Å²) in [7, 11) is 4.04. The highest BCUT2D eigenvalue weighted by Gasteiger charge is 2.15. The lowest BCUT2D eigenvalue weighted by atomic mass is 10.2. The van der Waals surface area contributed by atoms with Crippen molar-refractivity contribution < 1.29 is 4.74 Å². The molecule has 0 aliphatic carbocycles. The maximum absolute atomic E-state index is 5.42. The molecule has 1 aliphatic rings. The average molecular weight is 192 g/mol. The molecule has 1 fully saturated rings. The first-order chi connectivity index (χ1) is 5.43. The topological polar surface area (TPSA) is 9.23 Å². The first-order valence-corrected chi connectivity index (χ1v) is 6.67. The molecule has 1 aliphatic heterocycles.